The maximum Gasteiger partial charge on any atom is 0.312 e. The van der Waals surface area contributed by atoms with Crippen LogP contribution in [0.3, 0.4) is 0 Å². The van der Waals surface area contributed by atoms with E-state index in [4.69, 9.17) is 28.8 Å². The smallest absolute Gasteiger partial charge is 0.312 e. The highest BCUT2D eigenvalue weighted by atomic mass is 16.7. The van der Waals surface area contributed by atoms with E-state index >= 15 is 0 Å². The molecule has 3 aliphatic rings. The van der Waals surface area contributed by atoms with Crippen molar-refractivity contribution in [1.82, 2.24) is 5.32 Å². The number of rotatable bonds is 10. The monoisotopic (exact) mass is 573 g/mol. The summed E-state index contributed by atoms with van der Waals surface area (Å²) in [4.78, 5) is 22.9. The molecule has 3 aliphatic heterocycles. The summed E-state index contributed by atoms with van der Waals surface area (Å²) in [5, 5.41) is 102. The third kappa shape index (κ3) is 7.18. The highest BCUT2D eigenvalue weighted by Crippen LogP contribution is 2.31. The molecule has 3 heterocycles. The molecule has 3 fully saturated rings. The van der Waals surface area contributed by atoms with Gasteiger partial charge in [-0.15, -0.1) is 0 Å². The number of aliphatic hydroxyl groups excluding tert-OH is 9. The van der Waals surface area contributed by atoms with Gasteiger partial charge in [0.15, 0.2) is 12.6 Å². The zero-order chi connectivity index (χ0) is 29.0. The Morgan fingerprint density at radius 2 is 1.28 bits per heavy atom. The first-order chi connectivity index (χ1) is 18.4. The lowest BCUT2D eigenvalue weighted by Crippen LogP contribution is -2.68. The van der Waals surface area contributed by atoms with E-state index in [0.29, 0.717) is 0 Å². The molecule has 6 unspecified atom stereocenters. The highest BCUT2D eigenvalue weighted by Gasteiger charge is 2.53. The lowest BCUT2D eigenvalue weighted by Gasteiger charge is -2.48. The Bertz CT molecular complexity index is 815. The molecule has 0 aromatic carbocycles. The first-order valence-electron chi connectivity index (χ1n) is 12.1. The fraction of sp³-hybridized carbons (Fsp3) is 0.905. The van der Waals surface area contributed by atoms with Crippen molar-refractivity contribution in [2.45, 2.75) is 92.2 Å². The lowest BCUT2D eigenvalue weighted by atomic mass is 9.95. The zero-order valence-corrected chi connectivity index (χ0v) is 20.4. The van der Waals surface area contributed by atoms with Crippen molar-refractivity contribution in [3.63, 3.8) is 0 Å². The number of carbonyl (C=O) groups is 2. The molecule has 0 aromatic rings. The molecule has 0 bridgehead atoms. The van der Waals surface area contributed by atoms with Crippen LogP contribution in [0.1, 0.15) is 6.42 Å². The highest BCUT2D eigenvalue weighted by molar-refractivity contribution is 5.93. The van der Waals surface area contributed by atoms with E-state index in [1.54, 1.807) is 0 Å². The van der Waals surface area contributed by atoms with Gasteiger partial charge in [-0.1, -0.05) is 0 Å². The maximum absolute atomic E-state index is 12.1. The molecule has 18 nitrogen and oxygen atoms in total. The van der Waals surface area contributed by atoms with E-state index in [1.165, 1.54) is 0 Å². The van der Waals surface area contributed by atoms with Crippen LogP contribution in [0.25, 0.3) is 0 Å². The Morgan fingerprint density at radius 1 is 0.718 bits per heavy atom. The van der Waals surface area contributed by atoms with E-state index in [-0.39, 0.29) is 6.61 Å². The quantitative estimate of drug-likeness (QED) is 0.108. The SMILES string of the molecule is O=C(O)CC(=O)NC1[C@H](O[C@@H]2C(CO)O[C@H](O[C@@H]3C(CO)OCC(O)[C@H]3O)C(O)[C@H]2O)OC(CO)[C@@H](O)[C@@H]1O. The summed E-state index contributed by atoms with van der Waals surface area (Å²) in [6.45, 7) is -2.62. The van der Waals surface area contributed by atoms with Crippen LogP contribution in [-0.2, 0) is 33.3 Å². The van der Waals surface area contributed by atoms with E-state index in [0.717, 1.165) is 0 Å². The van der Waals surface area contributed by atoms with Crippen LogP contribution < -0.4 is 5.32 Å². The summed E-state index contributed by atoms with van der Waals surface area (Å²) in [6, 6.07) is -1.63. The number of carboxylic acids is 1. The Hall–Kier alpha value is -1.62. The predicted molar refractivity (Wildman–Crippen MR) is 118 cm³/mol. The number of amides is 1. The topological polar surface area (TPSA) is 295 Å². The molecule has 0 spiro atoms. The van der Waals surface area contributed by atoms with E-state index in [2.05, 4.69) is 5.32 Å². The van der Waals surface area contributed by atoms with Gasteiger partial charge in [0.1, 0.15) is 79.6 Å². The van der Waals surface area contributed by atoms with Crippen molar-refractivity contribution in [2.75, 3.05) is 26.4 Å². The van der Waals surface area contributed by atoms with Crippen LogP contribution in [0.2, 0.25) is 0 Å². The van der Waals surface area contributed by atoms with Crippen molar-refractivity contribution in [2.24, 2.45) is 0 Å². The predicted octanol–water partition coefficient (Wildman–Crippen LogP) is -7.29. The minimum Gasteiger partial charge on any atom is -0.481 e. The third-order valence-electron chi connectivity index (χ3n) is 6.68. The Balaban J connectivity index is 1.78. The van der Waals surface area contributed by atoms with Crippen molar-refractivity contribution in [3.8, 4) is 0 Å². The fourth-order valence-electron chi connectivity index (χ4n) is 4.55. The largest absolute Gasteiger partial charge is 0.481 e. The Labute approximate surface area is 220 Å². The van der Waals surface area contributed by atoms with Crippen molar-refractivity contribution in [1.29, 1.82) is 0 Å². The number of nitrogens with one attached hydrogen (secondary N) is 1. The number of hydrogen-bond acceptors (Lipinski definition) is 16. The number of hydrogen-bond donors (Lipinski definition) is 11. The van der Waals surface area contributed by atoms with Crippen LogP contribution in [0.4, 0.5) is 0 Å². The number of carbonyl (C=O) groups excluding carboxylic acids is 1. The van der Waals surface area contributed by atoms with Gasteiger partial charge in [-0.25, -0.2) is 0 Å². The van der Waals surface area contributed by atoms with Crippen molar-refractivity contribution >= 4 is 11.9 Å². The molecule has 14 atom stereocenters. The molecule has 0 radical (unpaired) electrons. The average molecular weight is 574 g/mol. The van der Waals surface area contributed by atoms with Gasteiger partial charge in [0.05, 0.1) is 26.4 Å². The summed E-state index contributed by atoms with van der Waals surface area (Å²) in [6.07, 6.45) is -22.0. The summed E-state index contributed by atoms with van der Waals surface area (Å²) in [5.74, 6) is -2.60. The lowest BCUT2D eigenvalue weighted by molar-refractivity contribution is -0.362. The van der Waals surface area contributed by atoms with Crippen LogP contribution in [0, 0.1) is 0 Å². The molecular formula is C21H35NO17. The summed E-state index contributed by atoms with van der Waals surface area (Å²) in [5.41, 5.74) is 0. The second kappa shape index (κ2) is 13.8. The van der Waals surface area contributed by atoms with Gasteiger partial charge in [0.2, 0.25) is 5.91 Å². The fourth-order valence-corrected chi connectivity index (χ4v) is 4.55. The second-order valence-electron chi connectivity index (χ2n) is 9.39. The molecule has 226 valence electrons. The van der Waals surface area contributed by atoms with Gasteiger partial charge in [-0.3, -0.25) is 9.59 Å². The molecular weight excluding hydrogens is 538 g/mol. The van der Waals surface area contributed by atoms with E-state index in [1.807, 2.05) is 0 Å². The Morgan fingerprint density at radius 3 is 1.87 bits per heavy atom. The van der Waals surface area contributed by atoms with Crippen LogP contribution in [0.5, 0.6) is 0 Å². The number of carboxylic acid groups (broad SMARTS) is 1. The van der Waals surface area contributed by atoms with Gasteiger partial charge in [-0.2, -0.15) is 0 Å². The number of ether oxygens (including phenoxy) is 5. The zero-order valence-electron chi connectivity index (χ0n) is 20.4. The third-order valence-corrected chi connectivity index (χ3v) is 6.68. The molecule has 0 aliphatic carbocycles. The van der Waals surface area contributed by atoms with Crippen molar-refractivity contribution in [3.05, 3.63) is 0 Å². The molecule has 1 amide bonds. The normalized spacial score (nSPS) is 45.1. The van der Waals surface area contributed by atoms with Gasteiger partial charge < -0.3 is 80.1 Å². The first-order valence-corrected chi connectivity index (χ1v) is 12.1. The van der Waals surface area contributed by atoms with E-state index < -0.39 is 124 Å². The van der Waals surface area contributed by atoms with Crippen LogP contribution >= 0.6 is 0 Å². The van der Waals surface area contributed by atoms with Gasteiger partial charge in [-0.05, 0) is 0 Å². The summed E-state index contributed by atoms with van der Waals surface area (Å²) < 4.78 is 27.2. The molecule has 3 rings (SSSR count). The van der Waals surface area contributed by atoms with E-state index in [9.17, 15) is 55.5 Å². The average Bonchev–Trinajstić information content (AvgIpc) is 2.89. The van der Waals surface area contributed by atoms with Gasteiger partial charge in [0, 0.05) is 0 Å². The molecule has 39 heavy (non-hydrogen) atoms. The summed E-state index contributed by atoms with van der Waals surface area (Å²) >= 11 is 0. The summed E-state index contributed by atoms with van der Waals surface area (Å²) in [7, 11) is 0. The minimum absolute atomic E-state index is 0.306. The molecule has 11 N–H and O–H groups in total. The minimum atomic E-state index is -1.93. The number of aliphatic carboxylic acids is 1. The van der Waals surface area contributed by atoms with Crippen LogP contribution in [0.15, 0.2) is 0 Å². The van der Waals surface area contributed by atoms with Crippen LogP contribution in [-0.4, -0.2) is 175 Å². The molecule has 3 saturated heterocycles. The van der Waals surface area contributed by atoms with Crippen molar-refractivity contribution < 1.29 is 84.3 Å². The molecule has 0 aromatic heterocycles. The number of aliphatic hydroxyl groups is 9. The van der Waals surface area contributed by atoms with Gasteiger partial charge >= 0.3 is 5.97 Å². The first kappa shape index (κ1) is 31.9. The molecule has 18 heteroatoms. The second-order valence-corrected chi connectivity index (χ2v) is 9.39. The Kier molecular flexibility index (Phi) is 11.3. The maximum atomic E-state index is 12.1. The molecule has 0 saturated carbocycles. The van der Waals surface area contributed by atoms with Gasteiger partial charge in [0.25, 0.3) is 0 Å². The standard InChI is InChI=1S/C21H35NO17/c23-2-7-14(31)15(32)12(22-10(27)1-11(28)29)20(36-7)38-19-9(4-25)37-21(17(34)16(19)33)39-18-8(3-24)35-5-6(26)13(18)30/h6-9,12-21,23-26,30-34H,1-5H2,(H,22,27)(H,28,29)/t6?,7?,8?,9?,12?,13-,14-,15-,16-,17?,18-,19-,20+,21-/m1/s1.